The van der Waals surface area contributed by atoms with Crippen LogP contribution in [-0.4, -0.2) is 28.8 Å². The Labute approximate surface area is 125 Å². The van der Waals surface area contributed by atoms with Gasteiger partial charge < -0.3 is 4.98 Å². The molecule has 85 valence electrons. The number of aromatic nitrogens is 2. The van der Waals surface area contributed by atoms with E-state index in [2.05, 4.69) is 9.97 Å². The fraction of sp³-hybridized carbons (Fsp3) is 0. The number of aromatic amines is 1. The molecule has 0 aliphatic carbocycles. The van der Waals surface area contributed by atoms with E-state index in [0.717, 1.165) is 0 Å². The molecule has 0 amide bonds. The van der Waals surface area contributed by atoms with E-state index < -0.39 is 0 Å². The molecule has 2 aromatic rings. The van der Waals surface area contributed by atoms with Crippen molar-refractivity contribution in [2.24, 2.45) is 0 Å². The average Bonchev–Trinajstić information content (AvgIpc) is 2.87. The standard InChI is InChI=1S/C12HN7.Li/c13-1-6-7(2-14)9(4-16)12-11(8(6)3-15)18-10(5-17)19-12;/h(H,18,19);. The van der Waals surface area contributed by atoms with E-state index in [0.29, 0.717) is 0 Å². The van der Waals surface area contributed by atoms with E-state index in [1.54, 1.807) is 30.3 Å². The Bertz CT molecular complexity index is 850. The molecule has 0 bridgehead atoms. The van der Waals surface area contributed by atoms with E-state index in [1.165, 1.54) is 0 Å². The number of benzene rings is 1. The van der Waals surface area contributed by atoms with Crippen molar-refractivity contribution in [2.75, 3.05) is 0 Å². The number of nitriles is 5. The predicted molar refractivity (Wildman–Crippen MR) is 65.4 cm³/mol. The van der Waals surface area contributed by atoms with Gasteiger partial charge in [-0.1, -0.05) is 0 Å². The minimum Gasteiger partial charge on any atom is -0.328 e. The zero-order valence-electron chi connectivity index (χ0n) is 10.2. The third-order valence-corrected chi connectivity index (χ3v) is 2.49. The van der Waals surface area contributed by atoms with Crippen molar-refractivity contribution < 1.29 is 0 Å². The van der Waals surface area contributed by atoms with E-state index >= 15 is 0 Å². The average molecular weight is 250 g/mol. The number of H-pyrrole nitrogens is 1. The van der Waals surface area contributed by atoms with Crippen LogP contribution in [0.3, 0.4) is 0 Å². The van der Waals surface area contributed by atoms with Crippen LogP contribution in [0.5, 0.6) is 0 Å². The number of fused-ring (bicyclic) bond motifs is 1. The van der Waals surface area contributed by atoms with Gasteiger partial charge in [-0.05, 0) is 0 Å². The maximum atomic E-state index is 9.09. The second-order valence-electron chi connectivity index (χ2n) is 3.37. The van der Waals surface area contributed by atoms with Gasteiger partial charge in [-0.25, -0.2) is 4.98 Å². The molecule has 8 heteroatoms. The number of hydrogen-bond acceptors (Lipinski definition) is 6. The fourth-order valence-electron chi connectivity index (χ4n) is 1.73. The molecule has 20 heavy (non-hydrogen) atoms. The molecule has 0 aliphatic rings. The number of imidazole rings is 1. The van der Waals surface area contributed by atoms with E-state index in [1.807, 2.05) is 0 Å². The van der Waals surface area contributed by atoms with Crippen LogP contribution < -0.4 is 0 Å². The van der Waals surface area contributed by atoms with Crippen molar-refractivity contribution in [1.29, 1.82) is 26.3 Å². The second kappa shape index (κ2) is 5.59. The van der Waals surface area contributed by atoms with Gasteiger partial charge in [-0.3, -0.25) is 0 Å². The molecule has 0 unspecified atom stereocenters. The van der Waals surface area contributed by atoms with E-state index in [4.69, 9.17) is 26.3 Å². The van der Waals surface area contributed by atoms with Crippen LogP contribution in [0.1, 0.15) is 28.1 Å². The molecule has 1 aromatic heterocycles. The van der Waals surface area contributed by atoms with Gasteiger partial charge in [0.05, 0.1) is 27.8 Å². The van der Waals surface area contributed by atoms with E-state index in [-0.39, 0.29) is 58.0 Å². The smallest absolute Gasteiger partial charge is 0.211 e. The summed E-state index contributed by atoms with van der Waals surface area (Å²) in [6.45, 7) is 0. The molecular formula is C12HLiN7. The molecule has 0 fully saturated rings. The van der Waals surface area contributed by atoms with Crippen LogP contribution in [0.15, 0.2) is 0 Å². The third kappa shape index (κ3) is 1.85. The summed E-state index contributed by atoms with van der Waals surface area (Å²) in [6.07, 6.45) is 0. The van der Waals surface area contributed by atoms with Gasteiger partial charge in [-0.15, -0.1) is 0 Å². The minimum atomic E-state index is -0.204. The molecule has 0 aliphatic heterocycles. The Morgan fingerprint density at radius 3 is 1.65 bits per heavy atom. The monoisotopic (exact) mass is 250 g/mol. The van der Waals surface area contributed by atoms with Gasteiger partial charge >= 0.3 is 0 Å². The van der Waals surface area contributed by atoms with Gasteiger partial charge in [0.25, 0.3) is 0 Å². The zero-order valence-corrected chi connectivity index (χ0v) is 10.2. The number of nitrogens with zero attached hydrogens (tertiary/aromatic N) is 6. The number of rotatable bonds is 0. The summed E-state index contributed by atoms with van der Waals surface area (Å²) in [7, 11) is 0. The number of nitrogens with one attached hydrogen (secondary N) is 1. The first kappa shape index (κ1) is 14.8. The second-order valence-corrected chi connectivity index (χ2v) is 3.37. The van der Waals surface area contributed by atoms with Crippen molar-refractivity contribution in [3.05, 3.63) is 28.1 Å². The summed E-state index contributed by atoms with van der Waals surface area (Å²) in [5, 5.41) is 45.0. The Morgan fingerprint density at radius 2 is 1.20 bits per heavy atom. The van der Waals surface area contributed by atoms with E-state index in [9.17, 15) is 0 Å². The normalized spacial score (nSPS) is 8.35. The van der Waals surface area contributed by atoms with Crippen LogP contribution in [0.25, 0.3) is 11.0 Å². The molecule has 0 saturated carbocycles. The third-order valence-electron chi connectivity index (χ3n) is 2.49. The maximum Gasteiger partial charge on any atom is 0.211 e. The Kier molecular flexibility index (Phi) is 4.13. The fourth-order valence-corrected chi connectivity index (χ4v) is 1.73. The molecule has 2 rings (SSSR count). The largest absolute Gasteiger partial charge is 0.328 e. The summed E-state index contributed by atoms with van der Waals surface area (Å²) < 4.78 is 0. The zero-order chi connectivity index (χ0) is 14.0. The summed E-state index contributed by atoms with van der Waals surface area (Å²) in [4.78, 5) is 6.40. The van der Waals surface area contributed by atoms with Crippen LogP contribution in [0, 0.1) is 56.7 Å². The van der Waals surface area contributed by atoms with Gasteiger partial charge in [0.1, 0.15) is 35.9 Å². The van der Waals surface area contributed by atoms with Crippen LogP contribution in [-0.2, 0) is 0 Å². The Morgan fingerprint density at radius 1 is 0.700 bits per heavy atom. The van der Waals surface area contributed by atoms with Crippen LogP contribution in [0.2, 0.25) is 0 Å². The van der Waals surface area contributed by atoms with Gasteiger partial charge in [0.15, 0.2) is 0 Å². The van der Waals surface area contributed by atoms with Gasteiger partial charge in [0.2, 0.25) is 5.82 Å². The summed E-state index contributed by atoms with van der Waals surface area (Å²) in [5.74, 6) is -0.0954. The molecule has 0 atom stereocenters. The van der Waals surface area contributed by atoms with Crippen molar-refractivity contribution in [1.82, 2.24) is 9.97 Å². The van der Waals surface area contributed by atoms with Crippen molar-refractivity contribution in [3.8, 4) is 30.3 Å². The maximum absolute atomic E-state index is 9.09. The Hall–Kier alpha value is -3.26. The molecule has 7 nitrogen and oxygen atoms in total. The quantitative estimate of drug-likeness (QED) is 0.674. The SMILES string of the molecule is N#Cc1nc2c(C#N)c(C#N)c(C#N)c(C#N)c2[nH]1.[Li]. The van der Waals surface area contributed by atoms with Gasteiger partial charge in [0, 0.05) is 18.9 Å². The molecule has 1 radical (unpaired) electrons. The first-order chi connectivity index (χ1) is 9.21. The summed E-state index contributed by atoms with van der Waals surface area (Å²) in [5.41, 5.74) is -0.447. The van der Waals surface area contributed by atoms with Crippen LogP contribution in [0.4, 0.5) is 0 Å². The van der Waals surface area contributed by atoms with Crippen LogP contribution >= 0.6 is 0 Å². The molecule has 1 heterocycles. The van der Waals surface area contributed by atoms with Gasteiger partial charge in [-0.2, -0.15) is 26.3 Å². The first-order valence-electron chi connectivity index (χ1n) is 4.82. The minimum absolute atomic E-state index is 0. The Balaban J connectivity index is 0.00000200. The van der Waals surface area contributed by atoms with Crippen molar-refractivity contribution in [3.63, 3.8) is 0 Å². The van der Waals surface area contributed by atoms with Crippen molar-refractivity contribution in [2.45, 2.75) is 0 Å². The van der Waals surface area contributed by atoms with Crippen molar-refractivity contribution >= 4 is 29.9 Å². The molecule has 1 aromatic carbocycles. The summed E-state index contributed by atoms with van der Waals surface area (Å²) >= 11 is 0. The first-order valence-corrected chi connectivity index (χ1v) is 4.82. The molecular weight excluding hydrogens is 249 g/mol. The number of hydrogen-bond donors (Lipinski definition) is 1. The molecule has 1 N–H and O–H groups in total. The predicted octanol–water partition coefficient (Wildman–Crippen LogP) is 0.540. The summed E-state index contributed by atoms with van der Waals surface area (Å²) in [6, 6.07) is 8.77. The molecule has 0 spiro atoms. The molecule has 0 saturated heterocycles. The topological polar surface area (TPSA) is 148 Å².